The number of para-hydroxylation sites is 1. The van der Waals surface area contributed by atoms with Gasteiger partial charge in [-0.2, -0.15) is 0 Å². The Morgan fingerprint density at radius 1 is 1.21 bits per heavy atom. The average Bonchev–Trinajstić information content (AvgIpc) is 3.29. The molecule has 0 bridgehead atoms. The van der Waals surface area contributed by atoms with Gasteiger partial charge in [0.2, 0.25) is 0 Å². The van der Waals surface area contributed by atoms with Crippen LogP contribution in [0, 0.1) is 0 Å². The first-order valence-electron chi connectivity index (χ1n) is 9.22. The number of halogens is 1. The minimum Gasteiger partial charge on any atom is -0.360 e. The first-order chi connectivity index (χ1) is 13.2. The SMILES string of the molecule is CCNC(=NCc1cc(C(C)C)no1)NCCNc1nc2ccccc2s1.I. The Hall–Kier alpha value is -1.88. The molecular formula is C19H27IN6OS. The van der Waals surface area contributed by atoms with Crippen LogP contribution in [0.4, 0.5) is 5.13 Å². The molecule has 0 aliphatic rings. The highest BCUT2D eigenvalue weighted by Crippen LogP contribution is 2.24. The second-order valence-corrected chi connectivity index (χ2v) is 7.44. The van der Waals surface area contributed by atoms with Gasteiger partial charge < -0.3 is 20.5 Å². The van der Waals surface area contributed by atoms with Gasteiger partial charge in [-0.3, -0.25) is 0 Å². The van der Waals surface area contributed by atoms with Crippen LogP contribution in [-0.2, 0) is 6.54 Å². The summed E-state index contributed by atoms with van der Waals surface area (Å²) < 4.78 is 6.53. The lowest BCUT2D eigenvalue weighted by molar-refractivity contribution is 0.376. The smallest absolute Gasteiger partial charge is 0.191 e. The van der Waals surface area contributed by atoms with Crippen LogP contribution in [0.15, 0.2) is 39.8 Å². The van der Waals surface area contributed by atoms with Gasteiger partial charge in [0.1, 0.15) is 6.54 Å². The van der Waals surface area contributed by atoms with Gasteiger partial charge in [-0.1, -0.05) is 42.5 Å². The Labute approximate surface area is 186 Å². The molecule has 152 valence electrons. The monoisotopic (exact) mass is 514 g/mol. The molecule has 0 saturated carbocycles. The fraction of sp³-hybridized carbons (Fsp3) is 0.421. The summed E-state index contributed by atoms with van der Waals surface area (Å²) in [5.74, 6) is 1.88. The second kappa shape index (κ2) is 11.2. The number of guanidine groups is 1. The Morgan fingerprint density at radius 2 is 2.04 bits per heavy atom. The van der Waals surface area contributed by atoms with Crippen molar-refractivity contribution in [3.05, 3.63) is 41.8 Å². The summed E-state index contributed by atoms with van der Waals surface area (Å²) in [5, 5.41) is 14.9. The fourth-order valence-electron chi connectivity index (χ4n) is 2.47. The van der Waals surface area contributed by atoms with Crippen molar-refractivity contribution in [2.45, 2.75) is 33.2 Å². The number of nitrogens with zero attached hydrogens (tertiary/aromatic N) is 3. The summed E-state index contributed by atoms with van der Waals surface area (Å²) >= 11 is 1.66. The van der Waals surface area contributed by atoms with Gasteiger partial charge >= 0.3 is 0 Å². The van der Waals surface area contributed by atoms with Crippen LogP contribution >= 0.6 is 35.3 Å². The number of rotatable bonds is 8. The zero-order valence-electron chi connectivity index (χ0n) is 16.4. The molecule has 0 aliphatic carbocycles. The largest absolute Gasteiger partial charge is 0.360 e. The topological polar surface area (TPSA) is 87.4 Å². The van der Waals surface area contributed by atoms with Gasteiger partial charge in [0.25, 0.3) is 0 Å². The summed E-state index contributed by atoms with van der Waals surface area (Å²) in [6.07, 6.45) is 0. The van der Waals surface area contributed by atoms with Gasteiger partial charge in [0, 0.05) is 25.7 Å². The summed E-state index contributed by atoms with van der Waals surface area (Å²) in [6, 6.07) is 10.1. The van der Waals surface area contributed by atoms with E-state index in [1.165, 1.54) is 4.70 Å². The number of hydrogen-bond donors (Lipinski definition) is 3. The molecule has 9 heteroatoms. The fourth-order valence-corrected chi connectivity index (χ4v) is 3.36. The number of hydrogen-bond acceptors (Lipinski definition) is 6. The minimum absolute atomic E-state index is 0. The van der Waals surface area contributed by atoms with E-state index in [0.29, 0.717) is 12.5 Å². The molecule has 1 aromatic carbocycles. The minimum atomic E-state index is 0. The number of anilines is 1. The molecule has 3 N–H and O–H groups in total. The van der Waals surface area contributed by atoms with E-state index in [0.717, 1.165) is 47.7 Å². The van der Waals surface area contributed by atoms with Crippen LogP contribution in [0.5, 0.6) is 0 Å². The maximum Gasteiger partial charge on any atom is 0.191 e. The Bertz CT molecular complexity index is 858. The molecule has 2 aromatic heterocycles. The normalized spacial score (nSPS) is 11.5. The van der Waals surface area contributed by atoms with Gasteiger partial charge in [0.05, 0.1) is 15.9 Å². The molecule has 0 atom stereocenters. The predicted molar refractivity (Wildman–Crippen MR) is 127 cm³/mol. The van der Waals surface area contributed by atoms with E-state index in [-0.39, 0.29) is 24.0 Å². The van der Waals surface area contributed by atoms with Gasteiger partial charge in [-0.15, -0.1) is 24.0 Å². The molecule has 28 heavy (non-hydrogen) atoms. The van der Waals surface area contributed by atoms with Crippen molar-refractivity contribution < 1.29 is 4.52 Å². The molecule has 2 heterocycles. The van der Waals surface area contributed by atoms with Crippen LogP contribution in [0.25, 0.3) is 10.2 Å². The first-order valence-corrected chi connectivity index (χ1v) is 10.0. The van der Waals surface area contributed by atoms with E-state index in [1.54, 1.807) is 11.3 Å². The number of aliphatic imine (C=N–C) groups is 1. The molecule has 3 rings (SSSR count). The summed E-state index contributed by atoms with van der Waals surface area (Å²) in [4.78, 5) is 9.13. The molecular weight excluding hydrogens is 487 g/mol. The van der Waals surface area contributed by atoms with E-state index >= 15 is 0 Å². The molecule has 7 nitrogen and oxygen atoms in total. The third-order valence-electron chi connectivity index (χ3n) is 3.89. The number of benzene rings is 1. The van der Waals surface area contributed by atoms with Crippen LogP contribution in [-0.4, -0.2) is 35.7 Å². The van der Waals surface area contributed by atoms with Gasteiger partial charge in [-0.25, -0.2) is 9.98 Å². The van der Waals surface area contributed by atoms with Crippen LogP contribution in [0.1, 0.15) is 38.1 Å². The second-order valence-electron chi connectivity index (χ2n) is 6.41. The number of thiazole rings is 1. The zero-order valence-corrected chi connectivity index (χ0v) is 19.5. The summed E-state index contributed by atoms with van der Waals surface area (Å²) in [6.45, 7) is 8.97. The van der Waals surface area contributed by atoms with Crippen molar-refractivity contribution in [2.24, 2.45) is 4.99 Å². The highest BCUT2D eigenvalue weighted by atomic mass is 127. The van der Waals surface area contributed by atoms with Crippen molar-refractivity contribution >= 4 is 56.6 Å². The van der Waals surface area contributed by atoms with E-state index < -0.39 is 0 Å². The number of fused-ring (bicyclic) bond motifs is 1. The summed E-state index contributed by atoms with van der Waals surface area (Å²) in [5.41, 5.74) is 1.99. The molecule has 3 aromatic rings. The maximum atomic E-state index is 5.33. The molecule has 0 saturated heterocycles. The Kier molecular flexibility index (Phi) is 8.97. The predicted octanol–water partition coefficient (Wildman–Crippen LogP) is 4.19. The van der Waals surface area contributed by atoms with Crippen molar-refractivity contribution in [2.75, 3.05) is 25.0 Å². The van der Waals surface area contributed by atoms with Crippen molar-refractivity contribution in [3.63, 3.8) is 0 Å². The number of nitrogens with one attached hydrogen (secondary N) is 3. The van der Waals surface area contributed by atoms with E-state index in [4.69, 9.17) is 4.52 Å². The number of aromatic nitrogens is 2. The third-order valence-corrected chi connectivity index (χ3v) is 4.89. The molecule has 0 fully saturated rings. The highest BCUT2D eigenvalue weighted by Gasteiger charge is 2.07. The third kappa shape index (κ3) is 6.33. The van der Waals surface area contributed by atoms with Crippen LogP contribution in [0.3, 0.4) is 0 Å². The van der Waals surface area contributed by atoms with Crippen LogP contribution in [0.2, 0.25) is 0 Å². The van der Waals surface area contributed by atoms with Crippen molar-refractivity contribution in [3.8, 4) is 0 Å². The molecule has 0 spiro atoms. The first kappa shape index (κ1) is 22.4. The molecule has 0 unspecified atom stereocenters. The maximum absolute atomic E-state index is 5.33. The quantitative estimate of drug-likeness (QED) is 0.181. The van der Waals surface area contributed by atoms with Crippen molar-refractivity contribution in [1.82, 2.24) is 20.8 Å². The highest BCUT2D eigenvalue weighted by molar-refractivity contribution is 14.0. The summed E-state index contributed by atoms with van der Waals surface area (Å²) in [7, 11) is 0. The molecule has 0 radical (unpaired) electrons. The van der Waals surface area contributed by atoms with Crippen LogP contribution < -0.4 is 16.0 Å². The van der Waals surface area contributed by atoms with E-state index in [1.807, 2.05) is 31.2 Å². The Morgan fingerprint density at radius 3 is 2.75 bits per heavy atom. The zero-order chi connectivity index (χ0) is 19.1. The lowest BCUT2D eigenvalue weighted by Crippen LogP contribution is -2.39. The molecule has 0 aliphatic heterocycles. The van der Waals surface area contributed by atoms with Gasteiger partial charge in [-0.05, 0) is 25.0 Å². The lowest BCUT2D eigenvalue weighted by atomic mass is 10.1. The van der Waals surface area contributed by atoms with E-state index in [2.05, 4.69) is 51.0 Å². The Balaban J connectivity index is 0.00000280. The lowest BCUT2D eigenvalue weighted by Gasteiger charge is -2.11. The van der Waals surface area contributed by atoms with Gasteiger partial charge in [0.15, 0.2) is 16.9 Å². The van der Waals surface area contributed by atoms with Crippen molar-refractivity contribution in [1.29, 1.82) is 0 Å². The standard InChI is InChI=1S/C19H26N6OS.HI/c1-4-20-18(23-12-14-11-16(13(2)3)25-26-14)21-9-10-22-19-24-15-7-5-6-8-17(15)27-19;/h5-8,11,13H,4,9-10,12H2,1-3H3,(H,22,24)(H2,20,21,23);1H. The average molecular weight is 514 g/mol. The molecule has 0 amide bonds. The van der Waals surface area contributed by atoms with E-state index in [9.17, 15) is 0 Å².